The maximum atomic E-state index is 5.89. The highest BCUT2D eigenvalue weighted by molar-refractivity contribution is 5.70. The Hall–Kier alpha value is -1.91. The number of nitrogens with zero attached hydrogens (tertiary/aromatic N) is 4. The Bertz CT molecular complexity index is 501. The summed E-state index contributed by atoms with van der Waals surface area (Å²) in [5, 5.41) is 8.27. The fourth-order valence-electron chi connectivity index (χ4n) is 1.78. The van der Waals surface area contributed by atoms with Crippen molar-refractivity contribution >= 4 is 5.69 Å². The van der Waals surface area contributed by atoms with Gasteiger partial charge in [0, 0.05) is 17.8 Å². The van der Waals surface area contributed by atoms with Crippen LogP contribution in [0, 0.1) is 6.92 Å². The first kappa shape index (κ1) is 10.6. The van der Waals surface area contributed by atoms with Crippen molar-refractivity contribution in [1.82, 2.24) is 19.7 Å². The number of aryl methyl sites for hydroxylation is 1. The van der Waals surface area contributed by atoms with Crippen molar-refractivity contribution in [3.05, 3.63) is 24.3 Å². The summed E-state index contributed by atoms with van der Waals surface area (Å²) in [5.41, 5.74) is 7.39. The fourth-order valence-corrected chi connectivity index (χ4v) is 1.78. The summed E-state index contributed by atoms with van der Waals surface area (Å²) in [5.74, 6) is 1.69. The van der Waals surface area contributed by atoms with Crippen molar-refractivity contribution in [2.75, 3.05) is 5.73 Å². The van der Waals surface area contributed by atoms with Crippen molar-refractivity contribution in [3.8, 4) is 11.4 Å². The Balaban J connectivity index is 2.61. The summed E-state index contributed by atoms with van der Waals surface area (Å²) in [7, 11) is 0. The molecule has 0 aliphatic carbocycles. The molecule has 5 nitrogen and oxygen atoms in total. The lowest BCUT2D eigenvalue weighted by Gasteiger charge is -2.13. The van der Waals surface area contributed by atoms with E-state index in [0.717, 1.165) is 17.2 Å². The molecule has 2 N–H and O–H groups in total. The van der Waals surface area contributed by atoms with Crippen molar-refractivity contribution < 1.29 is 0 Å². The SMILES string of the molecule is Cc1nnc(-c2ccncc2N)n1C(C)C. The van der Waals surface area contributed by atoms with Crippen LogP contribution in [-0.2, 0) is 0 Å². The van der Waals surface area contributed by atoms with Gasteiger partial charge in [0.1, 0.15) is 5.82 Å². The molecule has 0 aliphatic rings. The Morgan fingerprint density at radius 2 is 2.06 bits per heavy atom. The normalized spacial score (nSPS) is 11.0. The molecule has 0 bridgehead atoms. The molecule has 2 rings (SSSR count). The topological polar surface area (TPSA) is 69.6 Å². The summed E-state index contributed by atoms with van der Waals surface area (Å²) in [6.45, 7) is 6.13. The van der Waals surface area contributed by atoms with Gasteiger partial charge in [-0.05, 0) is 26.8 Å². The standard InChI is InChI=1S/C11H15N5/c1-7(2)16-8(3)14-15-11(16)9-4-5-13-6-10(9)12/h4-7H,12H2,1-3H3. The number of aromatic nitrogens is 4. The molecule has 0 aromatic carbocycles. The summed E-state index contributed by atoms with van der Waals surface area (Å²) in [4.78, 5) is 3.97. The van der Waals surface area contributed by atoms with Crippen LogP contribution in [0.25, 0.3) is 11.4 Å². The minimum absolute atomic E-state index is 0.303. The highest BCUT2D eigenvalue weighted by Gasteiger charge is 2.15. The smallest absolute Gasteiger partial charge is 0.166 e. The summed E-state index contributed by atoms with van der Waals surface area (Å²) in [6.07, 6.45) is 3.34. The van der Waals surface area contributed by atoms with E-state index in [1.165, 1.54) is 0 Å². The minimum Gasteiger partial charge on any atom is -0.397 e. The van der Waals surface area contributed by atoms with Gasteiger partial charge in [0.15, 0.2) is 5.82 Å². The molecule has 0 aliphatic heterocycles. The van der Waals surface area contributed by atoms with E-state index in [1.807, 2.05) is 13.0 Å². The molecular weight excluding hydrogens is 202 g/mol. The number of hydrogen-bond donors (Lipinski definition) is 1. The molecule has 0 unspecified atom stereocenters. The first-order chi connectivity index (χ1) is 7.61. The van der Waals surface area contributed by atoms with Gasteiger partial charge in [-0.2, -0.15) is 0 Å². The van der Waals surface area contributed by atoms with Crippen LogP contribution in [0.4, 0.5) is 5.69 Å². The highest BCUT2D eigenvalue weighted by atomic mass is 15.3. The molecular formula is C11H15N5. The second-order valence-corrected chi connectivity index (χ2v) is 4.00. The molecule has 84 valence electrons. The Kier molecular flexibility index (Phi) is 2.60. The van der Waals surface area contributed by atoms with E-state index in [1.54, 1.807) is 12.4 Å². The molecule has 2 aromatic rings. The molecule has 0 saturated carbocycles. The maximum absolute atomic E-state index is 5.89. The van der Waals surface area contributed by atoms with E-state index >= 15 is 0 Å². The van der Waals surface area contributed by atoms with E-state index in [2.05, 4.69) is 33.6 Å². The van der Waals surface area contributed by atoms with Crippen LogP contribution in [0.1, 0.15) is 25.7 Å². The first-order valence-electron chi connectivity index (χ1n) is 5.22. The van der Waals surface area contributed by atoms with E-state index in [-0.39, 0.29) is 0 Å². The van der Waals surface area contributed by atoms with Crippen LogP contribution in [0.2, 0.25) is 0 Å². The molecule has 0 saturated heterocycles. The van der Waals surface area contributed by atoms with Crippen molar-refractivity contribution in [2.45, 2.75) is 26.8 Å². The van der Waals surface area contributed by atoms with E-state index < -0.39 is 0 Å². The van der Waals surface area contributed by atoms with Crippen LogP contribution in [0.5, 0.6) is 0 Å². The average molecular weight is 217 g/mol. The third-order valence-electron chi connectivity index (χ3n) is 2.48. The highest BCUT2D eigenvalue weighted by Crippen LogP contribution is 2.25. The van der Waals surface area contributed by atoms with Crippen molar-refractivity contribution in [2.24, 2.45) is 0 Å². The zero-order valence-electron chi connectivity index (χ0n) is 9.68. The lowest BCUT2D eigenvalue weighted by atomic mass is 10.2. The fraction of sp³-hybridized carbons (Fsp3) is 0.364. The van der Waals surface area contributed by atoms with Gasteiger partial charge in [0.05, 0.1) is 11.9 Å². The van der Waals surface area contributed by atoms with Crippen molar-refractivity contribution in [1.29, 1.82) is 0 Å². The second kappa shape index (κ2) is 3.92. The number of nitrogen functional groups attached to an aromatic ring is 1. The van der Waals surface area contributed by atoms with Crippen LogP contribution in [-0.4, -0.2) is 19.7 Å². The van der Waals surface area contributed by atoms with Crippen LogP contribution >= 0.6 is 0 Å². The number of anilines is 1. The van der Waals surface area contributed by atoms with Crippen LogP contribution < -0.4 is 5.73 Å². The van der Waals surface area contributed by atoms with Gasteiger partial charge >= 0.3 is 0 Å². The van der Waals surface area contributed by atoms with Gasteiger partial charge in [-0.1, -0.05) is 0 Å². The average Bonchev–Trinajstić information content (AvgIpc) is 2.61. The van der Waals surface area contributed by atoms with Gasteiger partial charge in [0.25, 0.3) is 0 Å². The predicted molar refractivity (Wildman–Crippen MR) is 62.8 cm³/mol. The molecule has 5 heteroatoms. The monoisotopic (exact) mass is 217 g/mol. The maximum Gasteiger partial charge on any atom is 0.166 e. The molecule has 0 fully saturated rings. The molecule has 0 atom stereocenters. The summed E-state index contributed by atoms with van der Waals surface area (Å²) in [6, 6.07) is 2.16. The zero-order valence-corrected chi connectivity index (χ0v) is 9.68. The number of nitrogens with two attached hydrogens (primary N) is 1. The van der Waals surface area contributed by atoms with Crippen molar-refractivity contribution in [3.63, 3.8) is 0 Å². The number of hydrogen-bond acceptors (Lipinski definition) is 4. The quantitative estimate of drug-likeness (QED) is 0.832. The predicted octanol–water partition coefficient (Wildman–Crippen LogP) is 1.81. The van der Waals surface area contributed by atoms with E-state index in [0.29, 0.717) is 11.7 Å². The molecule has 2 aromatic heterocycles. The molecule has 16 heavy (non-hydrogen) atoms. The summed E-state index contributed by atoms with van der Waals surface area (Å²) >= 11 is 0. The van der Waals surface area contributed by atoms with Gasteiger partial charge < -0.3 is 10.3 Å². The number of pyridine rings is 1. The third-order valence-corrected chi connectivity index (χ3v) is 2.48. The minimum atomic E-state index is 0.303. The lowest BCUT2D eigenvalue weighted by molar-refractivity contribution is 0.588. The third kappa shape index (κ3) is 1.64. The van der Waals surface area contributed by atoms with Gasteiger partial charge in [-0.25, -0.2) is 0 Å². The second-order valence-electron chi connectivity index (χ2n) is 4.00. The van der Waals surface area contributed by atoms with Crippen LogP contribution in [0.3, 0.4) is 0 Å². The molecule has 0 spiro atoms. The van der Waals surface area contributed by atoms with Gasteiger partial charge in [-0.15, -0.1) is 10.2 Å². The van der Waals surface area contributed by atoms with Gasteiger partial charge in [0.2, 0.25) is 0 Å². The Morgan fingerprint density at radius 3 is 2.69 bits per heavy atom. The number of rotatable bonds is 2. The van der Waals surface area contributed by atoms with E-state index in [4.69, 9.17) is 5.73 Å². The summed E-state index contributed by atoms with van der Waals surface area (Å²) < 4.78 is 2.06. The van der Waals surface area contributed by atoms with E-state index in [9.17, 15) is 0 Å². The molecule has 2 heterocycles. The largest absolute Gasteiger partial charge is 0.397 e. The van der Waals surface area contributed by atoms with Gasteiger partial charge in [-0.3, -0.25) is 4.98 Å². The van der Waals surface area contributed by atoms with Crippen LogP contribution in [0.15, 0.2) is 18.5 Å². The Morgan fingerprint density at radius 1 is 1.31 bits per heavy atom. The zero-order chi connectivity index (χ0) is 11.7. The lowest BCUT2D eigenvalue weighted by Crippen LogP contribution is -2.06. The Labute approximate surface area is 94.3 Å². The molecule has 0 amide bonds. The first-order valence-corrected chi connectivity index (χ1v) is 5.22. The molecule has 0 radical (unpaired) electrons.